The van der Waals surface area contributed by atoms with E-state index in [2.05, 4.69) is 39.8 Å². The SMILES string of the molecule is CC#CCCNCc1nc2ccccc2n1C. The van der Waals surface area contributed by atoms with E-state index < -0.39 is 0 Å². The van der Waals surface area contributed by atoms with Crippen molar-refractivity contribution in [3.05, 3.63) is 30.1 Å². The Morgan fingerprint density at radius 1 is 1.35 bits per heavy atom. The average molecular weight is 227 g/mol. The first-order chi connectivity index (χ1) is 8.33. The quantitative estimate of drug-likeness (QED) is 0.640. The summed E-state index contributed by atoms with van der Waals surface area (Å²) in [6.45, 7) is 3.56. The Hall–Kier alpha value is -1.79. The summed E-state index contributed by atoms with van der Waals surface area (Å²) in [5.41, 5.74) is 2.23. The summed E-state index contributed by atoms with van der Waals surface area (Å²) >= 11 is 0. The maximum atomic E-state index is 4.59. The van der Waals surface area contributed by atoms with E-state index in [0.717, 1.165) is 30.9 Å². The molecule has 2 rings (SSSR count). The van der Waals surface area contributed by atoms with E-state index in [4.69, 9.17) is 0 Å². The summed E-state index contributed by atoms with van der Waals surface area (Å²) in [6.07, 6.45) is 0.889. The van der Waals surface area contributed by atoms with E-state index >= 15 is 0 Å². The maximum Gasteiger partial charge on any atom is 0.123 e. The number of para-hydroxylation sites is 2. The van der Waals surface area contributed by atoms with Gasteiger partial charge < -0.3 is 9.88 Å². The predicted molar refractivity (Wildman–Crippen MR) is 70.5 cm³/mol. The minimum Gasteiger partial charge on any atom is -0.330 e. The number of benzene rings is 1. The van der Waals surface area contributed by atoms with E-state index in [-0.39, 0.29) is 0 Å². The zero-order chi connectivity index (χ0) is 12.1. The van der Waals surface area contributed by atoms with Crippen molar-refractivity contribution in [1.29, 1.82) is 0 Å². The van der Waals surface area contributed by atoms with Gasteiger partial charge in [0, 0.05) is 20.0 Å². The largest absolute Gasteiger partial charge is 0.330 e. The lowest BCUT2D eigenvalue weighted by Gasteiger charge is -2.03. The Balaban J connectivity index is 2.03. The fourth-order valence-corrected chi connectivity index (χ4v) is 1.83. The summed E-state index contributed by atoms with van der Waals surface area (Å²) < 4.78 is 2.13. The summed E-state index contributed by atoms with van der Waals surface area (Å²) in [5, 5.41) is 3.35. The van der Waals surface area contributed by atoms with E-state index in [0.29, 0.717) is 0 Å². The predicted octanol–water partition coefficient (Wildman–Crippen LogP) is 2.08. The molecule has 1 N–H and O–H groups in total. The molecule has 0 aliphatic carbocycles. The second-order valence-electron chi connectivity index (χ2n) is 3.93. The molecule has 0 amide bonds. The van der Waals surface area contributed by atoms with Crippen LogP contribution in [-0.2, 0) is 13.6 Å². The van der Waals surface area contributed by atoms with Crippen molar-refractivity contribution >= 4 is 11.0 Å². The molecule has 0 atom stereocenters. The average Bonchev–Trinajstić information content (AvgIpc) is 2.67. The fourth-order valence-electron chi connectivity index (χ4n) is 1.83. The van der Waals surface area contributed by atoms with E-state index in [1.165, 1.54) is 5.52 Å². The van der Waals surface area contributed by atoms with Crippen LogP contribution in [0.15, 0.2) is 24.3 Å². The lowest BCUT2D eigenvalue weighted by Crippen LogP contribution is -2.17. The van der Waals surface area contributed by atoms with Crippen LogP contribution in [-0.4, -0.2) is 16.1 Å². The van der Waals surface area contributed by atoms with Gasteiger partial charge in [0.15, 0.2) is 0 Å². The molecule has 3 nitrogen and oxygen atoms in total. The normalized spacial score (nSPS) is 10.2. The number of aromatic nitrogens is 2. The number of nitrogens with zero attached hydrogens (tertiary/aromatic N) is 2. The first kappa shape index (κ1) is 11.7. The van der Waals surface area contributed by atoms with Gasteiger partial charge in [0.25, 0.3) is 0 Å². The molecule has 88 valence electrons. The number of hydrogen-bond acceptors (Lipinski definition) is 2. The number of rotatable bonds is 4. The van der Waals surface area contributed by atoms with Crippen molar-refractivity contribution in [3.8, 4) is 11.8 Å². The molecule has 0 bridgehead atoms. The minimum atomic E-state index is 0.788. The molecule has 0 saturated carbocycles. The van der Waals surface area contributed by atoms with Gasteiger partial charge in [-0.1, -0.05) is 12.1 Å². The van der Waals surface area contributed by atoms with Gasteiger partial charge in [0.2, 0.25) is 0 Å². The van der Waals surface area contributed by atoms with Gasteiger partial charge >= 0.3 is 0 Å². The van der Waals surface area contributed by atoms with Crippen LogP contribution in [0.25, 0.3) is 11.0 Å². The van der Waals surface area contributed by atoms with Crippen LogP contribution < -0.4 is 5.32 Å². The molecule has 17 heavy (non-hydrogen) atoms. The second kappa shape index (κ2) is 5.51. The number of aryl methyl sites for hydroxylation is 1. The topological polar surface area (TPSA) is 29.9 Å². The van der Waals surface area contributed by atoms with E-state index in [9.17, 15) is 0 Å². The van der Waals surface area contributed by atoms with Crippen molar-refractivity contribution in [2.45, 2.75) is 19.9 Å². The highest BCUT2D eigenvalue weighted by Crippen LogP contribution is 2.13. The highest BCUT2D eigenvalue weighted by atomic mass is 15.1. The van der Waals surface area contributed by atoms with Gasteiger partial charge in [0.05, 0.1) is 17.6 Å². The zero-order valence-electron chi connectivity index (χ0n) is 10.3. The van der Waals surface area contributed by atoms with Gasteiger partial charge in [-0.2, -0.15) is 0 Å². The minimum absolute atomic E-state index is 0.788. The number of fused-ring (bicyclic) bond motifs is 1. The van der Waals surface area contributed by atoms with Gasteiger partial charge in [-0.15, -0.1) is 11.8 Å². The monoisotopic (exact) mass is 227 g/mol. The Morgan fingerprint density at radius 3 is 2.94 bits per heavy atom. The molecule has 1 aromatic heterocycles. The molecule has 0 unspecified atom stereocenters. The number of nitrogens with one attached hydrogen (secondary N) is 1. The Morgan fingerprint density at radius 2 is 2.18 bits per heavy atom. The molecule has 0 radical (unpaired) electrons. The molecule has 2 aromatic rings. The molecule has 0 spiro atoms. The molecule has 1 heterocycles. The number of hydrogen-bond donors (Lipinski definition) is 1. The first-order valence-electron chi connectivity index (χ1n) is 5.83. The van der Waals surface area contributed by atoms with Crippen LogP contribution in [0.3, 0.4) is 0 Å². The zero-order valence-corrected chi connectivity index (χ0v) is 10.3. The van der Waals surface area contributed by atoms with Crippen molar-refractivity contribution in [3.63, 3.8) is 0 Å². The molecule has 3 heteroatoms. The lowest BCUT2D eigenvalue weighted by atomic mass is 10.3. The summed E-state index contributed by atoms with van der Waals surface area (Å²) in [5.74, 6) is 6.99. The van der Waals surface area contributed by atoms with Crippen molar-refractivity contribution in [1.82, 2.24) is 14.9 Å². The van der Waals surface area contributed by atoms with Gasteiger partial charge in [-0.05, 0) is 19.1 Å². The van der Waals surface area contributed by atoms with E-state index in [1.807, 2.05) is 25.1 Å². The molecule has 0 aliphatic rings. The third-order valence-corrected chi connectivity index (χ3v) is 2.77. The van der Waals surface area contributed by atoms with Crippen LogP contribution in [0.1, 0.15) is 19.2 Å². The number of imidazole rings is 1. The lowest BCUT2D eigenvalue weighted by molar-refractivity contribution is 0.651. The fraction of sp³-hybridized carbons (Fsp3) is 0.357. The van der Waals surface area contributed by atoms with Crippen LogP contribution in [0.5, 0.6) is 0 Å². The van der Waals surface area contributed by atoms with Crippen LogP contribution >= 0.6 is 0 Å². The van der Waals surface area contributed by atoms with Crippen LogP contribution in [0.2, 0.25) is 0 Å². The summed E-state index contributed by atoms with van der Waals surface area (Å²) in [6, 6.07) is 8.19. The molecule has 0 aliphatic heterocycles. The third kappa shape index (κ3) is 2.66. The highest BCUT2D eigenvalue weighted by Gasteiger charge is 2.05. The smallest absolute Gasteiger partial charge is 0.123 e. The molecular weight excluding hydrogens is 210 g/mol. The van der Waals surface area contributed by atoms with Crippen LogP contribution in [0, 0.1) is 11.8 Å². The molecule has 0 fully saturated rings. The van der Waals surface area contributed by atoms with Gasteiger partial charge in [-0.25, -0.2) is 4.98 Å². The Kier molecular flexibility index (Phi) is 3.79. The highest BCUT2D eigenvalue weighted by molar-refractivity contribution is 5.75. The first-order valence-corrected chi connectivity index (χ1v) is 5.83. The molecule has 0 saturated heterocycles. The van der Waals surface area contributed by atoms with Crippen LogP contribution in [0.4, 0.5) is 0 Å². The van der Waals surface area contributed by atoms with Crippen molar-refractivity contribution < 1.29 is 0 Å². The third-order valence-electron chi connectivity index (χ3n) is 2.77. The standard InChI is InChI=1S/C14H17N3/c1-3-4-7-10-15-11-14-16-12-8-5-6-9-13(12)17(14)2/h5-6,8-9,15H,7,10-11H2,1-2H3. The van der Waals surface area contributed by atoms with E-state index in [1.54, 1.807) is 0 Å². The Bertz CT molecular complexity index is 558. The molecule has 1 aromatic carbocycles. The summed E-state index contributed by atoms with van der Waals surface area (Å²) in [7, 11) is 2.05. The van der Waals surface area contributed by atoms with Gasteiger partial charge in [-0.3, -0.25) is 0 Å². The Labute approximate surface area is 102 Å². The van der Waals surface area contributed by atoms with Crippen molar-refractivity contribution in [2.75, 3.05) is 6.54 Å². The van der Waals surface area contributed by atoms with Gasteiger partial charge in [0.1, 0.15) is 5.82 Å². The molecular formula is C14H17N3. The summed E-state index contributed by atoms with van der Waals surface area (Å²) in [4.78, 5) is 4.59. The second-order valence-corrected chi connectivity index (χ2v) is 3.93. The maximum absolute atomic E-state index is 4.59. The van der Waals surface area contributed by atoms with Crippen molar-refractivity contribution in [2.24, 2.45) is 7.05 Å².